The van der Waals surface area contributed by atoms with Gasteiger partial charge in [0.15, 0.2) is 0 Å². The summed E-state index contributed by atoms with van der Waals surface area (Å²) in [7, 11) is -3.92. The molecule has 7 heteroatoms. The molecule has 3 nitrogen and oxygen atoms in total. The number of halogens is 3. The van der Waals surface area contributed by atoms with Crippen molar-refractivity contribution in [1.82, 2.24) is 4.72 Å². The van der Waals surface area contributed by atoms with Crippen molar-refractivity contribution in [2.24, 2.45) is 0 Å². The summed E-state index contributed by atoms with van der Waals surface area (Å²) < 4.78 is 51.1. The molecule has 0 bridgehead atoms. The van der Waals surface area contributed by atoms with Crippen LogP contribution >= 0.6 is 15.9 Å². The van der Waals surface area contributed by atoms with Crippen molar-refractivity contribution in [3.05, 3.63) is 29.8 Å². The number of alkyl halides is 1. The summed E-state index contributed by atoms with van der Waals surface area (Å²) in [6.07, 6.45) is 0. The average molecular weight is 314 g/mol. The number of rotatable bonds is 4. The SMILES string of the molecule is CC(Br)CNS(=O)(=O)c1ccc(F)cc1F. The molecule has 0 aliphatic rings. The Kier molecular flexibility index (Phi) is 4.40. The van der Waals surface area contributed by atoms with Crippen molar-refractivity contribution in [2.45, 2.75) is 16.6 Å². The van der Waals surface area contributed by atoms with Gasteiger partial charge >= 0.3 is 0 Å². The van der Waals surface area contributed by atoms with Crippen LogP contribution in [0.4, 0.5) is 8.78 Å². The molecule has 1 rings (SSSR count). The van der Waals surface area contributed by atoms with Crippen LogP contribution in [0.1, 0.15) is 6.92 Å². The lowest BCUT2D eigenvalue weighted by Crippen LogP contribution is -2.29. The maximum absolute atomic E-state index is 13.2. The van der Waals surface area contributed by atoms with E-state index in [-0.39, 0.29) is 11.4 Å². The summed E-state index contributed by atoms with van der Waals surface area (Å²) in [5.74, 6) is -1.92. The Morgan fingerprint density at radius 3 is 2.56 bits per heavy atom. The zero-order valence-corrected chi connectivity index (χ0v) is 10.8. The molecule has 1 unspecified atom stereocenters. The first-order chi connectivity index (χ1) is 7.33. The van der Waals surface area contributed by atoms with Gasteiger partial charge in [-0.25, -0.2) is 21.9 Å². The van der Waals surface area contributed by atoms with Crippen LogP contribution in [0, 0.1) is 11.6 Å². The summed E-state index contributed by atoms with van der Waals surface area (Å²) in [6.45, 7) is 1.86. The third kappa shape index (κ3) is 3.50. The fraction of sp³-hybridized carbons (Fsp3) is 0.333. The van der Waals surface area contributed by atoms with Gasteiger partial charge in [-0.15, -0.1) is 0 Å². The number of nitrogens with one attached hydrogen (secondary N) is 1. The largest absolute Gasteiger partial charge is 0.243 e. The molecule has 0 amide bonds. The normalized spacial score (nSPS) is 13.8. The molecule has 0 saturated heterocycles. The van der Waals surface area contributed by atoms with Gasteiger partial charge in [-0.05, 0) is 12.1 Å². The third-order valence-electron chi connectivity index (χ3n) is 1.74. The minimum absolute atomic E-state index is 0.0780. The van der Waals surface area contributed by atoms with Crippen molar-refractivity contribution in [3.8, 4) is 0 Å². The average Bonchev–Trinajstić information content (AvgIpc) is 2.14. The molecule has 0 fully saturated rings. The van der Waals surface area contributed by atoms with E-state index in [0.29, 0.717) is 6.07 Å². The summed E-state index contributed by atoms with van der Waals surface area (Å²) >= 11 is 3.15. The fourth-order valence-corrected chi connectivity index (χ4v) is 2.56. The summed E-state index contributed by atoms with van der Waals surface area (Å²) in [5.41, 5.74) is 0. The van der Waals surface area contributed by atoms with Gasteiger partial charge in [0.1, 0.15) is 16.5 Å². The van der Waals surface area contributed by atoms with Crippen LogP contribution in [-0.4, -0.2) is 19.8 Å². The van der Waals surface area contributed by atoms with E-state index in [4.69, 9.17) is 0 Å². The van der Waals surface area contributed by atoms with Crippen LogP contribution < -0.4 is 4.72 Å². The van der Waals surface area contributed by atoms with E-state index in [1.54, 1.807) is 6.92 Å². The van der Waals surface area contributed by atoms with E-state index in [1.807, 2.05) is 0 Å². The predicted molar refractivity (Wildman–Crippen MR) is 59.9 cm³/mol. The molecule has 0 aliphatic heterocycles. The lowest BCUT2D eigenvalue weighted by atomic mass is 10.3. The van der Waals surface area contributed by atoms with Crippen LogP contribution in [0.2, 0.25) is 0 Å². The van der Waals surface area contributed by atoms with Crippen molar-refractivity contribution in [3.63, 3.8) is 0 Å². The van der Waals surface area contributed by atoms with Crippen LogP contribution in [0.3, 0.4) is 0 Å². The fourth-order valence-electron chi connectivity index (χ4n) is 0.995. The van der Waals surface area contributed by atoms with E-state index in [9.17, 15) is 17.2 Å². The highest BCUT2D eigenvalue weighted by Gasteiger charge is 2.19. The van der Waals surface area contributed by atoms with Crippen LogP contribution in [0.5, 0.6) is 0 Å². The summed E-state index contributed by atoms with van der Waals surface area (Å²) in [4.78, 5) is -0.632. The summed E-state index contributed by atoms with van der Waals surface area (Å²) in [6, 6.07) is 2.33. The highest BCUT2D eigenvalue weighted by atomic mass is 79.9. The molecule has 0 spiro atoms. The maximum Gasteiger partial charge on any atom is 0.243 e. The highest BCUT2D eigenvalue weighted by Crippen LogP contribution is 2.15. The first-order valence-corrected chi connectivity index (χ1v) is 6.81. The molecule has 1 atom stereocenters. The van der Waals surface area contributed by atoms with E-state index < -0.39 is 26.6 Å². The topological polar surface area (TPSA) is 46.2 Å². The van der Waals surface area contributed by atoms with Gasteiger partial charge in [-0.3, -0.25) is 0 Å². The van der Waals surface area contributed by atoms with Gasteiger partial charge in [-0.2, -0.15) is 0 Å². The minimum atomic E-state index is -3.92. The Hall–Kier alpha value is -0.530. The van der Waals surface area contributed by atoms with Gasteiger partial charge in [-0.1, -0.05) is 22.9 Å². The Bertz CT molecular complexity index is 476. The minimum Gasteiger partial charge on any atom is -0.210 e. The smallest absolute Gasteiger partial charge is 0.210 e. The first kappa shape index (κ1) is 13.5. The number of sulfonamides is 1. The second-order valence-corrected chi connectivity index (χ2v) is 6.51. The Morgan fingerprint density at radius 2 is 2.06 bits per heavy atom. The quantitative estimate of drug-likeness (QED) is 0.865. The third-order valence-corrected chi connectivity index (χ3v) is 3.52. The van der Waals surface area contributed by atoms with Gasteiger partial charge in [0.05, 0.1) is 0 Å². The predicted octanol–water partition coefficient (Wildman–Crippen LogP) is 2.03. The molecule has 0 heterocycles. The van der Waals surface area contributed by atoms with E-state index in [0.717, 1.165) is 12.1 Å². The molecule has 0 saturated carbocycles. The molecule has 1 N–H and O–H groups in total. The molecule has 90 valence electrons. The van der Waals surface area contributed by atoms with Gasteiger partial charge in [0, 0.05) is 17.4 Å². The lowest BCUT2D eigenvalue weighted by molar-refractivity contribution is 0.543. The number of benzene rings is 1. The molecular formula is C9H10BrF2NO2S. The molecule has 0 radical (unpaired) electrons. The Labute approximate surface area is 101 Å². The van der Waals surface area contributed by atoms with Crippen LogP contribution in [-0.2, 0) is 10.0 Å². The zero-order chi connectivity index (χ0) is 12.3. The Balaban J connectivity index is 2.99. The van der Waals surface area contributed by atoms with E-state index >= 15 is 0 Å². The number of hydrogen-bond donors (Lipinski definition) is 1. The van der Waals surface area contributed by atoms with Crippen molar-refractivity contribution >= 4 is 26.0 Å². The monoisotopic (exact) mass is 313 g/mol. The summed E-state index contributed by atoms with van der Waals surface area (Å²) in [5, 5.41) is 0. The van der Waals surface area contributed by atoms with Crippen molar-refractivity contribution < 1.29 is 17.2 Å². The van der Waals surface area contributed by atoms with Crippen LogP contribution in [0.15, 0.2) is 23.1 Å². The number of hydrogen-bond acceptors (Lipinski definition) is 2. The maximum atomic E-state index is 13.2. The molecule has 1 aromatic rings. The molecule has 0 aliphatic carbocycles. The van der Waals surface area contributed by atoms with Gasteiger partial charge in [0.2, 0.25) is 10.0 Å². The van der Waals surface area contributed by atoms with E-state index in [1.165, 1.54) is 0 Å². The van der Waals surface area contributed by atoms with Crippen molar-refractivity contribution in [2.75, 3.05) is 6.54 Å². The van der Waals surface area contributed by atoms with Gasteiger partial charge in [0.25, 0.3) is 0 Å². The van der Waals surface area contributed by atoms with Gasteiger partial charge < -0.3 is 0 Å². The lowest BCUT2D eigenvalue weighted by Gasteiger charge is -2.08. The molecule has 16 heavy (non-hydrogen) atoms. The molecule has 1 aromatic carbocycles. The second-order valence-electron chi connectivity index (χ2n) is 3.21. The second kappa shape index (κ2) is 5.20. The van der Waals surface area contributed by atoms with E-state index in [2.05, 4.69) is 20.7 Å². The van der Waals surface area contributed by atoms with Crippen LogP contribution in [0.25, 0.3) is 0 Å². The first-order valence-electron chi connectivity index (χ1n) is 4.41. The highest BCUT2D eigenvalue weighted by molar-refractivity contribution is 9.09. The Morgan fingerprint density at radius 1 is 1.44 bits per heavy atom. The zero-order valence-electron chi connectivity index (χ0n) is 8.38. The van der Waals surface area contributed by atoms with Crippen molar-refractivity contribution in [1.29, 1.82) is 0 Å². The molecule has 0 aromatic heterocycles. The molecular weight excluding hydrogens is 304 g/mol. The standard InChI is InChI=1S/C9H10BrF2NO2S/c1-6(10)5-13-16(14,15)9-3-2-7(11)4-8(9)12/h2-4,6,13H,5H2,1H3.